The van der Waals surface area contributed by atoms with Gasteiger partial charge in [0, 0.05) is 12.2 Å². The minimum Gasteiger partial charge on any atom is -0.362 e. The summed E-state index contributed by atoms with van der Waals surface area (Å²) >= 11 is 0. The average molecular weight is 288 g/mol. The van der Waals surface area contributed by atoms with Crippen LogP contribution in [0.4, 0.5) is 23.1 Å². The second-order valence-corrected chi connectivity index (χ2v) is 4.47. The highest BCUT2D eigenvalue weighted by Crippen LogP contribution is 2.31. The number of nitrogens with zero attached hydrogens (tertiary/aromatic N) is 4. The molecule has 0 saturated heterocycles. The van der Waals surface area contributed by atoms with Gasteiger partial charge in [0.05, 0.1) is 4.92 Å². The Morgan fingerprint density at radius 3 is 2.67 bits per heavy atom. The molecule has 0 saturated carbocycles. The van der Waals surface area contributed by atoms with Gasteiger partial charge >= 0.3 is 5.69 Å². The van der Waals surface area contributed by atoms with Gasteiger partial charge in [-0.05, 0) is 25.5 Å². The van der Waals surface area contributed by atoms with Crippen LogP contribution in [-0.2, 0) is 0 Å². The number of hydrogen-bond donors (Lipinski definition) is 2. The lowest BCUT2D eigenvalue weighted by Crippen LogP contribution is -2.16. The van der Waals surface area contributed by atoms with E-state index in [1.54, 1.807) is 24.4 Å². The molecule has 2 heterocycles. The molecule has 0 aliphatic heterocycles. The first-order valence-electron chi connectivity index (χ1n) is 6.55. The van der Waals surface area contributed by atoms with Gasteiger partial charge in [-0.15, -0.1) is 0 Å². The summed E-state index contributed by atoms with van der Waals surface area (Å²) in [4.78, 5) is 22.8. The van der Waals surface area contributed by atoms with Crippen molar-refractivity contribution in [3.05, 3.63) is 40.8 Å². The molecule has 0 aliphatic carbocycles. The van der Waals surface area contributed by atoms with E-state index in [0.29, 0.717) is 5.82 Å². The minimum absolute atomic E-state index is 0.0706. The van der Waals surface area contributed by atoms with Gasteiger partial charge in [-0.25, -0.2) is 15.0 Å². The fourth-order valence-electron chi connectivity index (χ4n) is 1.64. The Kier molecular flexibility index (Phi) is 4.60. The zero-order valence-corrected chi connectivity index (χ0v) is 11.8. The minimum atomic E-state index is -0.504. The van der Waals surface area contributed by atoms with Gasteiger partial charge in [-0.1, -0.05) is 13.0 Å². The third-order valence-electron chi connectivity index (χ3n) is 2.91. The highest BCUT2D eigenvalue weighted by atomic mass is 16.6. The SMILES string of the molecule is CCC(C)Nc1ncnc(Nc2ccccn2)c1[N+](=O)[O-]. The first-order valence-corrected chi connectivity index (χ1v) is 6.55. The van der Waals surface area contributed by atoms with E-state index in [2.05, 4.69) is 25.6 Å². The van der Waals surface area contributed by atoms with Crippen LogP contribution in [0, 0.1) is 10.1 Å². The summed E-state index contributed by atoms with van der Waals surface area (Å²) in [6.45, 7) is 3.91. The van der Waals surface area contributed by atoms with Crippen LogP contribution < -0.4 is 10.6 Å². The van der Waals surface area contributed by atoms with Crippen LogP contribution in [0.25, 0.3) is 0 Å². The Bertz CT molecular complexity index is 619. The van der Waals surface area contributed by atoms with E-state index in [-0.39, 0.29) is 23.4 Å². The third-order valence-corrected chi connectivity index (χ3v) is 2.91. The quantitative estimate of drug-likeness (QED) is 0.621. The molecule has 2 aromatic rings. The largest absolute Gasteiger partial charge is 0.362 e. The molecule has 0 bridgehead atoms. The summed E-state index contributed by atoms with van der Waals surface area (Å²) in [6, 6.07) is 5.31. The maximum absolute atomic E-state index is 11.3. The maximum Gasteiger partial charge on any atom is 0.353 e. The predicted molar refractivity (Wildman–Crippen MR) is 79.6 cm³/mol. The van der Waals surface area contributed by atoms with Crippen molar-refractivity contribution in [3.63, 3.8) is 0 Å². The van der Waals surface area contributed by atoms with Gasteiger partial charge in [0.25, 0.3) is 0 Å². The second kappa shape index (κ2) is 6.60. The first kappa shape index (κ1) is 14.6. The van der Waals surface area contributed by atoms with Crippen LogP contribution in [0.5, 0.6) is 0 Å². The number of nitrogens with one attached hydrogen (secondary N) is 2. The molecule has 0 aliphatic rings. The van der Waals surface area contributed by atoms with Crippen molar-refractivity contribution in [2.75, 3.05) is 10.6 Å². The number of rotatable bonds is 6. The Balaban J connectivity index is 2.36. The Morgan fingerprint density at radius 2 is 2.05 bits per heavy atom. The average Bonchev–Trinajstić information content (AvgIpc) is 2.48. The smallest absolute Gasteiger partial charge is 0.353 e. The lowest BCUT2D eigenvalue weighted by molar-refractivity contribution is -0.383. The fraction of sp³-hybridized carbons (Fsp3) is 0.308. The number of anilines is 3. The van der Waals surface area contributed by atoms with Crippen molar-refractivity contribution in [3.8, 4) is 0 Å². The van der Waals surface area contributed by atoms with Crippen molar-refractivity contribution in [2.24, 2.45) is 0 Å². The summed E-state index contributed by atoms with van der Waals surface area (Å²) in [5, 5.41) is 17.2. The number of hydrogen-bond acceptors (Lipinski definition) is 7. The molecule has 0 spiro atoms. The lowest BCUT2D eigenvalue weighted by atomic mass is 10.2. The van der Waals surface area contributed by atoms with E-state index < -0.39 is 4.92 Å². The van der Waals surface area contributed by atoms with Gasteiger partial charge in [0.2, 0.25) is 11.6 Å². The van der Waals surface area contributed by atoms with Crippen LogP contribution >= 0.6 is 0 Å². The zero-order chi connectivity index (χ0) is 15.2. The standard InChI is InChI=1S/C13H16N6O2/c1-3-9(2)17-12-11(19(20)21)13(16-8-15-12)18-10-6-4-5-7-14-10/h4-9H,3H2,1-2H3,(H2,14,15,16,17,18). The molecule has 110 valence electrons. The molecule has 0 amide bonds. The molecule has 21 heavy (non-hydrogen) atoms. The molecular formula is C13H16N6O2. The zero-order valence-electron chi connectivity index (χ0n) is 11.8. The third kappa shape index (κ3) is 3.62. The Labute approximate surface area is 121 Å². The maximum atomic E-state index is 11.3. The van der Waals surface area contributed by atoms with Crippen LogP contribution in [0.3, 0.4) is 0 Å². The van der Waals surface area contributed by atoms with Crippen molar-refractivity contribution in [2.45, 2.75) is 26.3 Å². The molecule has 2 aromatic heterocycles. The van der Waals surface area contributed by atoms with E-state index in [1.807, 2.05) is 13.8 Å². The fourth-order valence-corrected chi connectivity index (χ4v) is 1.64. The lowest BCUT2D eigenvalue weighted by Gasteiger charge is -2.13. The summed E-state index contributed by atoms with van der Waals surface area (Å²) in [5.74, 6) is 0.788. The molecule has 8 heteroatoms. The van der Waals surface area contributed by atoms with E-state index in [0.717, 1.165) is 6.42 Å². The van der Waals surface area contributed by atoms with Gasteiger partial charge in [0.1, 0.15) is 12.1 Å². The molecule has 2 N–H and O–H groups in total. The van der Waals surface area contributed by atoms with Crippen molar-refractivity contribution in [1.29, 1.82) is 0 Å². The summed E-state index contributed by atoms with van der Waals surface area (Å²) in [6.07, 6.45) is 3.70. The predicted octanol–water partition coefficient (Wildman–Crippen LogP) is 2.73. The van der Waals surface area contributed by atoms with Gasteiger partial charge < -0.3 is 10.6 Å². The summed E-state index contributed by atoms with van der Waals surface area (Å²) in [7, 11) is 0. The molecule has 1 unspecified atom stereocenters. The summed E-state index contributed by atoms with van der Waals surface area (Å²) < 4.78 is 0. The topological polar surface area (TPSA) is 106 Å². The number of pyridine rings is 1. The Hall–Kier alpha value is -2.77. The first-order chi connectivity index (χ1) is 10.1. The van der Waals surface area contributed by atoms with Crippen LogP contribution in [0.2, 0.25) is 0 Å². The molecule has 0 radical (unpaired) electrons. The highest BCUT2D eigenvalue weighted by molar-refractivity contribution is 5.72. The molecule has 8 nitrogen and oxygen atoms in total. The molecule has 1 atom stereocenters. The van der Waals surface area contributed by atoms with Crippen molar-refractivity contribution < 1.29 is 4.92 Å². The van der Waals surface area contributed by atoms with E-state index in [9.17, 15) is 10.1 Å². The second-order valence-electron chi connectivity index (χ2n) is 4.47. The van der Waals surface area contributed by atoms with Gasteiger partial charge in [-0.3, -0.25) is 10.1 Å². The van der Waals surface area contributed by atoms with E-state index in [4.69, 9.17) is 0 Å². The normalized spacial score (nSPS) is 11.7. The molecule has 0 fully saturated rings. The number of nitro groups is 1. The Morgan fingerprint density at radius 1 is 1.29 bits per heavy atom. The molecule has 2 rings (SSSR count). The van der Waals surface area contributed by atoms with E-state index >= 15 is 0 Å². The van der Waals surface area contributed by atoms with Crippen LogP contribution in [-0.4, -0.2) is 25.9 Å². The highest BCUT2D eigenvalue weighted by Gasteiger charge is 2.24. The van der Waals surface area contributed by atoms with Gasteiger partial charge in [0.15, 0.2) is 0 Å². The van der Waals surface area contributed by atoms with Crippen LogP contribution in [0.1, 0.15) is 20.3 Å². The van der Waals surface area contributed by atoms with Crippen molar-refractivity contribution in [1.82, 2.24) is 15.0 Å². The number of aromatic nitrogens is 3. The summed E-state index contributed by atoms with van der Waals surface area (Å²) in [5.41, 5.74) is -0.191. The molecule has 0 aromatic carbocycles. The van der Waals surface area contributed by atoms with Crippen molar-refractivity contribution >= 4 is 23.1 Å². The van der Waals surface area contributed by atoms with E-state index in [1.165, 1.54) is 6.33 Å². The van der Waals surface area contributed by atoms with Gasteiger partial charge in [-0.2, -0.15) is 0 Å². The monoisotopic (exact) mass is 288 g/mol. The van der Waals surface area contributed by atoms with Crippen LogP contribution in [0.15, 0.2) is 30.7 Å². The molecular weight excluding hydrogens is 272 g/mol.